The first-order valence-electron chi connectivity index (χ1n) is 11.7. The number of aromatic nitrogens is 1. The molecule has 1 aromatic heterocycles. The number of aryl methyl sites for hydroxylation is 2. The van der Waals surface area contributed by atoms with Gasteiger partial charge in [-0.2, -0.15) is 0 Å². The second kappa shape index (κ2) is 9.32. The van der Waals surface area contributed by atoms with Crippen LogP contribution >= 0.6 is 11.8 Å². The van der Waals surface area contributed by atoms with Crippen molar-refractivity contribution in [3.63, 3.8) is 0 Å². The molecule has 7 heteroatoms. The Balaban J connectivity index is 1.69. The molecule has 0 amide bonds. The van der Waals surface area contributed by atoms with Crippen molar-refractivity contribution in [2.24, 2.45) is 0 Å². The second-order valence-electron chi connectivity index (χ2n) is 8.72. The van der Waals surface area contributed by atoms with Crippen molar-refractivity contribution in [2.45, 2.75) is 44.7 Å². The summed E-state index contributed by atoms with van der Waals surface area (Å²) < 4.78 is 2.22. The Kier molecular flexibility index (Phi) is 6.21. The van der Waals surface area contributed by atoms with Gasteiger partial charge in [-0.05, 0) is 56.2 Å². The monoisotopic (exact) mass is 486 g/mol. The second-order valence-corrected chi connectivity index (χ2v) is 9.83. The van der Waals surface area contributed by atoms with Crippen LogP contribution in [0.1, 0.15) is 52.1 Å². The van der Waals surface area contributed by atoms with Crippen molar-refractivity contribution in [1.29, 1.82) is 0 Å². The molecule has 1 N–H and O–H groups in total. The molecule has 35 heavy (non-hydrogen) atoms. The number of thioether (sulfide) groups is 1. The van der Waals surface area contributed by atoms with Crippen molar-refractivity contribution in [2.75, 3.05) is 5.75 Å². The lowest BCUT2D eigenvalue weighted by Crippen LogP contribution is -2.37. The summed E-state index contributed by atoms with van der Waals surface area (Å²) in [7, 11) is 0. The zero-order valence-electron chi connectivity index (χ0n) is 19.9. The number of hydroxylamine groups is 1. The van der Waals surface area contributed by atoms with E-state index in [1.807, 2.05) is 61.5 Å². The molecule has 4 aromatic rings. The van der Waals surface area contributed by atoms with Gasteiger partial charge in [-0.3, -0.25) is 14.4 Å². The van der Waals surface area contributed by atoms with Gasteiger partial charge >= 0.3 is 5.97 Å². The number of Topliss-reactive ketones (excluding diaryl/α,β-unsaturated/α-hetero) is 1. The quantitative estimate of drug-likeness (QED) is 0.298. The Bertz CT molecular complexity index is 1500. The van der Waals surface area contributed by atoms with E-state index in [1.54, 1.807) is 11.8 Å². The van der Waals surface area contributed by atoms with Crippen LogP contribution in [0, 0.1) is 6.92 Å². The van der Waals surface area contributed by atoms with Gasteiger partial charge in [-0.15, -0.1) is 17.2 Å². The fraction of sp³-hybridized carbons (Fsp3) is 0.250. The topological polar surface area (TPSA) is 77.4 Å². The molecule has 178 valence electrons. The van der Waals surface area contributed by atoms with E-state index in [0.717, 1.165) is 38.8 Å². The lowest BCUT2D eigenvalue weighted by molar-refractivity contribution is -0.149. The van der Waals surface area contributed by atoms with Gasteiger partial charge < -0.3 is 9.40 Å². The Morgan fingerprint density at radius 1 is 1.11 bits per heavy atom. The number of hydrogen-bond donors (Lipinski definition) is 1. The van der Waals surface area contributed by atoms with Crippen molar-refractivity contribution >= 4 is 51.1 Å². The van der Waals surface area contributed by atoms with Gasteiger partial charge in [0.15, 0.2) is 11.6 Å². The van der Waals surface area contributed by atoms with Gasteiger partial charge in [0.2, 0.25) is 0 Å². The summed E-state index contributed by atoms with van der Waals surface area (Å²) >= 11 is 1.63. The zero-order chi connectivity index (χ0) is 24.7. The van der Waals surface area contributed by atoms with Crippen molar-refractivity contribution in [3.05, 3.63) is 76.9 Å². The standard InChI is InChI=1S/C28H26N2O4S/c1-4-30-23-11-9-18(26(32)19-8-6-5-7-16(19)2)15-21(23)25-24(30)12-10-20-27(33)22(29-34-17(3)31)13-14-35-28(20)25/h5-12,15,22,29H,4,13-14H2,1-3H3. The summed E-state index contributed by atoms with van der Waals surface area (Å²) in [5, 5.41) is 1.95. The molecule has 1 atom stereocenters. The van der Waals surface area contributed by atoms with Crippen LogP contribution in [0.25, 0.3) is 21.8 Å². The molecule has 0 fully saturated rings. The highest BCUT2D eigenvalue weighted by Crippen LogP contribution is 2.41. The molecule has 0 bridgehead atoms. The van der Waals surface area contributed by atoms with Crippen LogP contribution in [0.4, 0.5) is 0 Å². The van der Waals surface area contributed by atoms with E-state index in [1.165, 1.54) is 6.92 Å². The number of nitrogens with one attached hydrogen (secondary N) is 1. The first kappa shape index (κ1) is 23.3. The van der Waals surface area contributed by atoms with E-state index in [9.17, 15) is 14.4 Å². The molecule has 3 aromatic carbocycles. The summed E-state index contributed by atoms with van der Waals surface area (Å²) in [6, 6.07) is 16.7. The number of nitrogens with zero attached hydrogens (tertiary/aromatic N) is 1. The Hall–Kier alpha value is -3.42. The lowest BCUT2D eigenvalue weighted by atomic mass is 9.97. The maximum Gasteiger partial charge on any atom is 0.321 e. The van der Waals surface area contributed by atoms with Crippen LogP contribution in [0.15, 0.2) is 59.5 Å². The van der Waals surface area contributed by atoms with Crippen LogP contribution in [-0.2, 0) is 16.2 Å². The maximum absolute atomic E-state index is 13.4. The number of ketones is 2. The summed E-state index contributed by atoms with van der Waals surface area (Å²) in [6.45, 7) is 6.10. The average molecular weight is 487 g/mol. The summed E-state index contributed by atoms with van der Waals surface area (Å²) in [5.41, 5.74) is 7.57. The molecule has 0 spiro atoms. The lowest BCUT2D eigenvalue weighted by Gasteiger charge is -2.14. The maximum atomic E-state index is 13.4. The summed E-state index contributed by atoms with van der Waals surface area (Å²) in [5.74, 6) is 0.0935. The Morgan fingerprint density at radius 2 is 1.89 bits per heavy atom. The molecule has 0 saturated carbocycles. The number of fused-ring (bicyclic) bond motifs is 5. The molecule has 6 nitrogen and oxygen atoms in total. The van der Waals surface area contributed by atoms with Crippen LogP contribution in [0.5, 0.6) is 0 Å². The van der Waals surface area contributed by atoms with E-state index in [0.29, 0.717) is 28.9 Å². The van der Waals surface area contributed by atoms with Gasteiger partial charge in [0.25, 0.3) is 0 Å². The molecule has 0 aliphatic carbocycles. The highest BCUT2D eigenvalue weighted by molar-refractivity contribution is 7.99. The fourth-order valence-corrected chi connectivity index (χ4v) is 6.07. The predicted octanol–water partition coefficient (Wildman–Crippen LogP) is 5.47. The van der Waals surface area contributed by atoms with Gasteiger partial charge in [0.1, 0.15) is 6.04 Å². The van der Waals surface area contributed by atoms with Crippen molar-refractivity contribution in [3.8, 4) is 0 Å². The molecule has 0 saturated heterocycles. The SMILES string of the molecule is CCn1c2ccc(C(=O)c3ccccc3C)cc2c2c3c(ccc21)C(=O)C(NOC(C)=O)CCS3. The van der Waals surface area contributed by atoms with Crippen molar-refractivity contribution < 1.29 is 19.2 Å². The van der Waals surface area contributed by atoms with E-state index < -0.39 is 12.0 Å². The van der Waals surface area contributed by atoms with Crippen molar-refractivity contribution in [1.82, 2.24) is 10.0 Å². The first-order chi connectivity index (χ1) is 16.9. The average Bonchev–Trinajstić information content (AvgIpc) is 3.08. The Labute approximate surface area is 207 Å². The van der Waals surface area contributed by atoms with Gasteiger partial charge in [-0.25, -0.2) is 0 Å². The normalized spacial score (nSPS) is 15.7. The van der Waals surface area contributed by atoms with Gasteiger partial charge in [-0.1, -0.05) is 24.3 Å². The molecule has 5 rings (SSSR count). The molecule has 1 unspecified atom stereocenters. The van der Waals surface area contributed by atoms with E-state index >= 15 is 0 Å². The van der Waals surface area contributed by atoms with Crippen LogP contribution in [0.3, 0.4) is 0 Å². The predicted molar refractivity (Wildman–Crippen MR) is 138 cm³/mol. The third-order valence-corrected chi connectivity index (χ3v) is 7.68. The van der Waals surface area contributed by atoms with Gasteiger partial charge in [0.05, 0.1) is 5.52 Å². The number of rotatable bonds is 5. The molecule has 0 radical (unpaired) electrons. The summed E-state index contributed by atoms with van der Waals surface area (Å²) in [4.78, 5) is 43.9. The van der Waals surface area contributed by atoms with Crippen LogP contribution in [0.2, 0.25) is 0 Å². The van der Waals surface area contributed by atoms with E-state index in [2.05, 4.69) is 17.0 Å². The molecule has 1 aliphatic heterocycles. The van der Waals surface area contributed by atoms with Crippen LogP contribution in [-0.4, -0.2) is 33.9 Å². The minimum Gasteiger partial charge on any atom is -0.370 e. The third kappa shape index (κ3) is 4.05. The molecular formula is C28H26N2O4S. The number of hydrogen-bond acceptors (Lipinski definition) is 6. The minimum absolute atomic E-state index is 0.0150. The first-order valence-corrected chi connectivity index (χ1v) is 12.7. The number of carbonyl (C=O) groups is 3. The fourth-order valence-electron chi connectivity index (χ4n) is 4.83. The number of carbonyl (C=O) groups excluding carboxylic acids is 3. The highest BCUT2D eigenvalue weighted by atomic mass is 32.2. The zero-order valence-corrected chi connectivity index (χ0v) is 20.7. The highest BCUT2D eigenvalue weighted by Gasteiger charge is 2.29. The number of benzene rings is 3. The van der Waals surface area contributed by atoms with Gasteiger partial charge in [0, 0.05) is 57.1 Å². The van der Waals surface area contributed by atoms with E-state index in [4.69, 9.17) is 4.84 Å². The smallest absolute Gasteiger partial charge is 0.321 e. The third-order valence-electron chi connectivity index (χ3n) is 6.53. The molecule has 2 heterocycles. The minimum atomic E-state index is -0.595. The van der Waals surface area contributed by atoms with E-state index in [-0.39, 0.29) is 11.6 Å². The largest absolute Gasteiger partial charge is 0.370 e. The Morgan fingerprint density at radius 3 is 2.63 bits per heavy atom. The molecule has 1 aliphatic rings. The molecular weight excluding hydrogens is 460 g/mol. The van der Waals surface area contributed by atoms with Crippen LogP contribution < -0.4 is 5.48 Å². The summed E-state index contributed by atoms with van der Waals surface area (Å²) in [6.07, 6.45) is 0.538.